The van der Waals surface area contributed by atoms with Gasteiger partial charge in [0.15, 0.2) is 15.6 Å². The first kappa shape index (κ1) is 13.9. The first-order valence-corrected chi connectivity index (χ1v) is 7.41. The third kappa shape index (κ3) is 2.94. The van der Waals surface area contributed by atoms with Crippen LogP contribution in [0.15, 0.2) is 12.1 Å². The van der Waals surface area contributed by atoms with E-state index < -0.39 is 15.1 Å². The lowest BCUT2D eigenvalue weighted by Crippen LogP contribution is -2.27. The number of rotatable bonds is 3. The van der Waals surface area contributed by atoms with Gasteiger partial charge in [0.05, 0.1) is 0 Å². The van der Waals surface area contributed by atoms with Gasteiger partial charge in [-0.05, 0) is 38.8 Å². The van der Waals surface area contributed by atoms with Gasteiger partial charge in [-0.25, -0.2) is 8.42 Å². The normalized spacial score (nSPS) is 13.5. The Bertz CT molecular complexity index is 533. The van der Waals surface area contributed by atoms with Gasteiger partial charge in [0, 0.05) is 11.8 Å². The van der Waals surface area contributed by atoms with Crippen LogP contribution in [0.2, 0.25) is 0 Å². The molecular formula is C13H18O3S. The Balaban J connectivity index is 3.32. The van der Waals surface area contributed by atoms with Crippen molar-refractivity contribution in [2.75, 3.05) is 6.26 Å². The van der Waals surface area contributed by atoms with Crippen LogP contribution in [0, 0.1) is 20.8 Å². The molecule has 94 valence electrons. The van der Waals surface area contributed by atoms with E-state index in [-0.39, 0.29) is 5.78 Å². The largest absolute Gasteiger partial charge is 0.293 e. The third-order valence-corrected chi connectivity index (χ3v) is 4.43. The first-order chi connectivity index (χ1) is 7.64. The molecule has 0 heterocycles. The maximum absolute atomic E-state index is 12.2. The molecule has 0 spiro atoms. The maximum Gasteiger partial charge on any atom is 0.181 e. The minimum atomic E-state index is -3.34. The van der Waals surface area contributed by atoms with Gasteiger partial charge in [0.2, 0.25) is 0 Å². The molecule has 17 heavy (non-hydrogen) atoms. The van der Waals surface area contributed by atoms with Crippen LogP contribution < -0.4 is 0 Å². The number of ketones is 1. The summed E-state index contributed by atoms with van der Waals surface area (Å²) in [6, 6.07) is 3.80. The van der Waals surface area contributed by atoms with E-state index in [9.17, 15) is 13.2 Å². The van der Waals surface area contributed by atoms with Crippen LogP contribution in [0.3, 0.4) is 0 Å². The Kier molecular flexibility index (Phi) is 3.77. The van der Waals surface area contributed by atoms with E-state index in [0.29, 0.717) is 5.56 Å². The Hall–Kier alpha value is -1.16. The molecule has 0 saturated heterocycles. The summed E-state index contributed by atoms with van der Waals surface area (Å²) in [7, 11) is -3.34. The van der Waals surface area contributed by atoms with Crippen LogP contribution in [0.5, 0.6) is 0 Å². The van der Waals surface area contributed by atoms with Crippen molar-refractivity contribution in [1.82, 2.24) is 0 Å². The molecule has 0 aliphatic heterocycles. The number of benzene rings is 1. The molecule has 0 bridgehead atoms. The van der Waals surface area contributed by atoms with Crippen LogP contribution in [-0.4, -0.2) is 25.7 Å². The van der Waals surface area contributed by atoms with E-state index in [0.717, 1.165) is 22.9 Å². The van der Waals surface area contributed by atoms with E-state index in [2.05, 4.69) is 0 Å². The fourth-order valence-electron chi connectivity index (χ4n) is 1.97. The van der Waals surface area contributed by atoms with Gasteiger partial charge in [-0.1, -0.05) is 17.7 Å². The molecule has 1 aromatic rings. The van der Waals surface area contributed by atoms with Gasteiger partial charge >= 0.3 is 0 Å². The molecule has 0 aromatic heterocycles. The minimum absolute atomic E-state index is 0.317. The number of carbonyl (C=O) groups excluding carboxylic acids is 1. The van der Waals surface area contributed by atoms with E-state index in [1.165, 1.54) is 6.92 Å². The molecule has 0 saturated carbocycles. The Morgan fingerprint density at radius 1 is 1.12 bits per heavy atom. The number of hydrogen-bond acceptors (Lipinski definition) is 3. The lowest BCUT2D eigenvalue weighted by Gasteiger charge is -2.14. The lowest BCUT2D eigenvalue weighted by atomic mass is 9.95. The zero-order chi connectivity index (χ0) is 13.4. The standard InChI is InChI=1S/C13H18O3S/c1-8-6-9(2)12(10(3)7-8)13(14)11(4)17(5,15)16/h6-7,11H,1-5H3. The molecule has 1 unspecified atom stereocenters. The summed E-state index contributed by atoms with van der Waals surface area (Å²) in [4.78, 5) is 12.2. The molecule has 1 atom stereocenters. The summed E-state index contributed by atoms with van der Waals surface area (Å²) in [5.41, 5.74) is 3.28. The monoisotopic (exact) mass is 254 g/mol. The van der Waals surface area contributed by atoms with Crippen molar-refractivity contribution in [3.8, 4) is 0 Å². The van der Waals surface area contributed by atoms with Gasteiger partial charge in [-0.2, -0.15) is 0 Å². The van der Waals surface area contributed by atoms with Crippen LogP contribution in [0.25, 0.3) is 0 Å². The zero-order valence-electron chi connectivity index (χ0n) is 10.9. The Morgan fingerprint density at radius 3 is 1.88 bits per heavy atom. The highest BCUT2D eigenvalue weighted by atomic mass is 32.2. The fraction of sp³-hybridized carbons (Fsp3) is 0.462. The van der Waals surface area contributed by atoms with Crippen LogP contribution >= 0.6 is 0 Å². The highest BCUT2D eigenvalue weighted by Crippen LogP contribution is 2.20. The number of Topliss-reactive ketones (excluding diaryl/α,β-unsaturated/α-hetero) is 1. The lowest BCUT2D eigenvalue weighted by molar-refractivity contribution is 0.0990. The van der Waals surface area contributed by atoms with Gasteiger partial charge < -0.3 is 0 Å². The van der Waals surface area contributed by atoms with E-state index in [1.54, 1.807) is 0 Å². The fourth-order valence-corrected chi connectivity index (χ4v) is 2.47. The van der Waals surface area contributed by atoms with Crippen molar-refractivity contribution in [3.63, 3.8) is 0 Å². The topological polar surface area (TPSA) is 51.2 Å². The second-order valence-corrected chi connectivity index (χ2v) is 6.98. The Morgan fingerprint density at radius 2 is 1.53 bits per heavy atom. The summed E-state index contributed by atoms with van der Waals surface area (Å²) >= 11 is 0. The molecule has 0 aliphatic rings. The molecule has 0 radical (unpaired) electrons. The predicted molar refractivity (Wildman–Crippen MR) is 69.3 cm³/mol. The second kappa shape index (κ2) is 4.61. The molecule has 1 rings (SSSR count). The van der Waals surface area contributed by atoms with Crippen molar-refractivity contribution < 1.29 is 13.2 Å². The summed E-state index contributed by atoms with van der Waals surface area (Å²) in [6.45, 7) is 7.06. The molecular weight excluding hydrogens is 236 g/mol. The molecule has 3 nitrogen and oxygen atoms in total. The predicted octanol–water partition coefficient (Wildman–Crippen LogP) is 2.23. The molecule has 0 aliphatic carbocycles. The second-order valence-electron chi connectivity index (χ2n) is 4.61. The summed E-state index contributed by atoms with van der Waals surface area (Å²) in [5, 5.41) is -0.984. The number of sulfone groups is 1. The van der Waals surface area contributed by atoms with E-state index in [1.807, 2.05) is 32.9 Å². The molecule has 0 fully saturated rings. The molecule has 0 N–H and O–H groups in total. The van der Waals surface area contributed by atoms with Gasteiger partial charge in [-0.3, -0.25) is 4.79 Å². The average molecular weight is 254 g/mol. The molecule has 0 amide bonds. The third-order valence-electron chi connectivity index (χ3n) is 2.93. The minimum Gasteiger partial charge on any atom is -0.293 e. The van der Waals surface area contributed by atoms with Crippen LogP contribution in [0.1, 0.15) is 34.0 Å². The molecule has 4 heteroatoms. The van der Waals surface area contributed by atoms with Crippen LogP contribution in [0.4, 0.5) is 0 Å². The smallest absolute Gasteiger partial charge is 0.181 e. The zero-order valence-corrected chi connectivity index (χ0v) is 11.7. The van der Waals surface area contributed by atoms with Gasteiger partial charge in [0.25, 0.3) is 0 Å². The van der Waals surface area contributed by atoms with Gasteiger partial charge in [-0.15, -0.1) is 0 Å². The highest BCUT2D eigenvalue weighted by Gasteiger charge is 2.26. The number of carbonyl (C=O) groups is 1. The first-order valence-electron chi connectivity index (χ1n) is 5.45. The van der Waals surface area contributed by atoms with Crippen molar-refractivity contribution in [2.45, 2.75) is 32.9 Å². The SMILES string of the molecule is Cc1cc(C)c(C(=O)C(C)S(C)(=O)=O)c(C)c1. The van der Waals surface area contributed by atoms with Crippen molar-refractivity contribution in [3.05, 3.63) is 34.4 Å². The summed E-state index contributed by atoms with van der Waals surface area (Å²) in [6.07, 6.45) is 1.09. The van der Waals surface area contributed by atoms with E-state index in [4.69, 9.17) is 0 Å². The summed E-state index contributed by atoms with van der Waals surface area (Å²) in [5.74, 6) is -0.317. The number of hydrogen-bond donors (Lipinski definition) is 0. The quantitative estimate of drug-likeness (QED) is 0.777. The average Bonchev–Trinajstić information content (AvgIpc) is 2.13. The van der Waals surface area contributed by atoms with Crippen LogP contribution in [-0.2, 0) is 9.84 Å². The highest BCUT2D eigenvalue weighted by molar-refractivity contribution is 7.92. The molecule has 1 aromatic carbocycles. The van der Waals surface area contributed by atoms with Crippen molar-refractivity contribution in [1.29, 1.82) is 0 Å². The van der Waals surface area contributed by atoms with E-state index >= 15 is 0 Å². The summed E-state index contributed by atoms with van der Waals surface area (Å²) < 4.78 is 22.8. The number of aryl methyl sites for hydroxylation is 3. The Labute approximate surface area is 103 Å². The van der Waals surface area contributed by atoms with Crippen molar-refractivity contribution >= 4 is 15.6 Å². The van der Waals surface area contributed by atoms with Crippen molar-refractivity contribution in [2.24, 2.45) is 0 Å². The van der Waals surface area contributed by atoms with Gasteiger partial charge in [0.1, 0.15) is 5.25 Å². The maximum atomic E-state index is 12.2.